The molecule has 3 N–H and O–H groups in total. The van der Waals surface area contributed by atoms with Crippen LogP contribution in [0, 0.1) is 0 Å². The van der Waals surface area contributed by atoms with Crippen molar-refractivity contribution in [1.29, 1.82) is 0 Å². The molecule has 1 rings (SSSR count). The SMILES string of the molecule is CC(=O)Nc1cccc(NCC(=O)NCC(F)(F)F)c1. The quantitative estimate of drug-likeness (QED) is 0.773. The van der Waals surface area contributed by atoms with Crippen molar-refractivity contribution in [3.8, 4) is 0 Å². The van der Waals surface area contributed by atoms with E-state index in [1.54, 1.807) is 29.6 Å². The zero-order valence-electron chi connectivity index (χ0n) is 10.7. The summed E-state index contributed by atoms with van der Waals surface area (Å²) in [5.41, 5.74) is 1.04. The van der Waals surface area contributed by atoms with Gasteiger partial charge in [0.25, 0.3) is 0 Å². The summed E-state index contributed by atoms with van der Waals surface area (Å²) in [6, 6.07) is 6.48. The molecule has 1 aromatic carbocycles. The van der Waals surface area contributed by atoms with Gasteiger partial charge in [-0.25, -0.2) is 0 Å². The molecule has 0 aliphatic carbocycles. The molecule has 0 aliphatic heterocycles. The van der Waals surface area contributed by atoms with Crippen LogP contribution in [0.2, 0.25) is 0 Å². The molecule has 0 unspecified atom stereocenters. The number of hydrogen-bond donors (Lipinski definition) is 3. The fourth-order valence-electron chi connectivity index (χ4n) is 1.35. The average Bonchev–Trinajstić information content (AvgIpc) is 2.32. The van der Waals surface area contributed by atoms with E-state index in [9.17, 15) is 22.8 Å². The van der Waals surface area contributed by atoms with Crippen molar-refractivity contribution >= 4 is 23.2 Å². The molecule has 110 valence electrons. The third-order valence-corrected chi connectivity index (χ3v) is 2.12. The van der Waals surface area contributed by atoms with Crippen molar-refractivity contribution in [3.63, 3.8) is 0 Å². The van der Waals surface area contributed by atoms with Crippen LogP contribution in [-0.2, 0) is 9.59 Å². The fraction of sp³-hybridized carbons (Fsp3) is 0.333. The molecule has 0 spiro atoms. The lowest BCUT2D eigenvalue weighted by atomic mass is 10.2. The van der Waals surface area contributed by atoms with Crippen LogP contribution in [0.15, 0.2) is 24.3 Å². The predicted octanol–water partition coefficient (Wildman–Crippen LogP) is 1.74. The number of nitrogens with one attached hydrogen (secondary N) is 3. The van der Waals surface area contributed by atoms with Gasteiger partial charge in [0.05, 0.1) is 6.54 Å². The summed E-state index contributed by atoms with van der Waals surface area (Å²) in [5, 5.41) is 6.96. The average molecular weight is 289 g/mol. The van der Waals surface area contributed by atoms with Crippen LogP contribution in [0.3, 0.4) is 0 Å². The summed E-state index contributed by atoms with van der Waals surface area (Å²) in [6.07, 6.45) is -4.43. The lowest BCUT2D eigenvalue weighted by Gasteiger charge is -2.10. The number of amides is 2. The zero-order valence-corrected chi connectivity index (χ0v) is 10.7. The highest BCUT2D eigenvalue weighted by Crippen LogP contribution is 2.15. The Bertz CT molecular complexity index is 489. The Kier molecular flexibility index (Phi) is 5.36. The molecule has 0 saturated heterocycles. The molecule has 0 atom stereocenters. The molecule has 8 heteroatoms. The Morgan fingerprint density at radius 3 is 2.45 bits per heavy atom. The number of benzene rings is 1. The van der Waals surface area contributed by atoms with Gasteiger partial charge in [-0.05, 0) is 18.2 Å². The van der Waals surface area contributed by atoms with Gasteiger partial charge in [-0.1, -0.05) is 6.07 Å². The minimum Gasteiger partial charge on any atom is -0.376 e. The molecule has 0 aromatic heterocycles. The van der Waals surface area contributed by atoms with E-state index in [-0.39, 0.29) is 12.5 Å². The molecular weight excluding hydrogens is 275 g/mol. The number of rotatable bonds is 5. The lowest BCUT2D eigenvalue weighted by Crippen LogP contribution is -2.37. The summed E-state index contributed by atoms with van der Waals surface area (Å²) < 4.78 is 35.6. The van der Waals surface area contributed by atoms with Crippen molar-refractivity contribution in [1.82, 2.24) is 5.32 Å². The van der Waals surface area contributed by atoms with Crippen LogP contribution in [0.4, 0.5) is 24.5 Å². The van der Waals surface area contributed by atoms with Gasteiger partial charge >= 0.3 is 6.18 Å². The summed E-state index contributed by atoms with van der Waals surface area (Å²) in [6.45, 7) is -0.302. The number of hydrogen-bond acceptors (Lipinski definition) is 3. The van der Waals surface area contributed by atoms with Crippen molar-refractivity contribution in [3.05, 3.63) is 24.3 Å². The molecule has 5 nitrogen and oxygen atoms in total. The van der Waals surface area contributed by atoms with Crippen molar-refractivity contribution in [2.75, 3.05) is 23.7 Å². The predicted molar refractivity (Wildman–Crippen MR) is 68.3 cm³/mol. The Hall–Kier alpha value is -2.25. The molecule has 0 saturated carbocycles. The van der Waals surface area contributed by atoms with E-state index >= 15 is 0 Å². The third-order valence-electron chi connectivity index (χ3n) is 2.12. The molecule has 20 heavy (non-hydrogen) atoms. The van der Waals surface area contributed by atoms with Crippen molar-refractivity contribution < 1.29 is 22.8 Å². The summed E-state index contributed by atoms with van der Waals surface area (Å²) in [4.78, 5) is 22.0. The zero-order chi connectivity index (χ0) is 15.2. The highest BCUT2D eigenvalue weighted by atomic mass is 19.4. The van der Waals surface area contributed by atoms with Crippen LogP contribution in [0.5, 0.6) is 0 Å². The molecule has 1 aromatic rings. The van der Waals surface area contributed by atoms with E-state index < -0.39 is 18.6 Å². The van der Waals surface area contributed by atoms with Gasteiger partial charge in [0.2, 0.25) is 11.8 Å². The van der Waals surface area contributed by atoms with E-state index in [1.807, 2.05) is 0 Å². The van der Waals surface area contributed by atoms with E-state index in [0.717, 1.165) is 0 Å². The first-order valence-corrected chi connectivity index (χ1v) is 5.71. The van der Waals surface area contributed by atoms with E-state index in [4.69, 9.17) is 0 Å². The van der Waals surface area contributed by atoms with Crippen molar-refractivity contribution in [2.45, 2.75) is 13.1 Å². The van der Waals surface area contributed by atoms with Crippen LogP contribution in [0.25, 0.3) is 0 Å². The van der Waals surface area contributed by atoms with Gasteiger partial charge in [0.15, 0.2) is 0 Å². The smallest absolute Gasteiger partial charge is 0.376 e. The number of alkyl halides is 3. The molecular formula is C12H14F3N3O2. The van der Waals surface area contributed by atoms with Crippen molar-refractivity contribution in [2.24, 2.45) is 0 Å². The molecule has 0 radical (unpaired) electrons. The maximum Gasteiger partial charge on any atom is 0.405 e. The molecule has 0 fully saturated rings. The number of halogens is 3. The number of carbonyl (C=O) groups excluding carboxylic acids is 2. The first-order valence-electron chi connectivity index (χ1n) is 5.71. The summed E-state index contributed by atoms with van der Waals surface area (Å²) in [7, 11) is 0. The second-order valence-corrected chi connectivity index (χ2v) is 4.01. The molecule has 2 amide bonds. The second kappa shape index (κ2) is 6.78. The largest absolute Gasteiger partial charge is 0.405 e. The van der Waals surface area contributed by atoms with E-state index in [0.29, 0.717) is 11.4 Å². The highest BCUT2D eigenvalue weighted by molar-refractivity contribution is 5.89. The van der Waals surface area contributed by atoms with Crippen LogP contribution in [0.1, 0.15) is 6.92 Å². The lowest BCUT2D eigenvalue weighted by molar-refractivity contribution is -0.137. The van der Waals surface area contributed by atoms with Crippen LogP contribution >= 0.6 is 0 Å². The van der Waals surface area contributed by atoms with Gasteiger partial charge in [0, 0.05) is 18.3 Å². The minimum absolute atomic E-state index is 0.245. The van der Waals surface area contributed by atoms with Gasteiger partial charge in [-0.15, -0.1) is 0 Å². The van der Waals surface area contributed by atoms with E-state index in [2.05, 4.69) is 10.6 Å². The first kappa shape index (κ1) is 15.8. The normalized spacial score (nSPS) is 10.8. The summed E-state index contributed by atoms with van der Waals surface area (Å²) >= 11 is 0. The Balaban J connectivity index is 2.45. The van der Waals surface area contributed by atoms with Crippen LogP contribution < -0.4 is 16.0 Å². The molecule has 0 bridgehead atoms. The Morgan fingerprint density at radius 1 is 1.20 bits per heavy atom. The van der Waals surface area contributed by atoms with Crippen LogP contribution in [-0.4, -0.2) is 31.1 Å². The fourth-order valence-corrected chi connectivity index (χ4v) is 1.35. The maximum atomic E-state index is 11.9. The van der Waals surface area contributed by atoms with E-state index in [1.165, 1.54) is 6.92 Å². The monoisotopic (exact) mass is 289 g/mol. The van der Waals surface area contributed by atoms with Gasteiger partial charge in [-0.2, -0.15) is 13.2 Å². The van der Waals surface area contributed by atoms with Gasteiger partial charge in [-0.3, -0.25) is 9.59 Å². The maximum absolute atomic E-state index is 11.9. The standard InChI is InChI=1S/C12H14F3N3O2/c1-8(19)18-10-4-2-3-9(5-10)16-6-11(20)17-7-12(13,14)15/h2-5,16H,6-7H2,1H3,(H,17,20)(H,18,19). The van der Waals surface area contributed by atoms with Gasteiger partial charge < -0.3 is 16.0 Å². The third kappa shape index (κ3) is 6.62. The number of carbonyl (C=O) groups is 2. The molecule has 0 heterocycles. The second-order valence-electron chi connectivity index (χ2n) is 4.01. The summed E-state index contributed by atoms with van der Waals surface area (Å²) in [5.74, 6) is -1.02. The van der Waals surface area contributed by atoms with Gasteiger partial charge in [0.1, 0.15) is 6.54 Å². The Morgan fingerprint density at radius 2 is 1.85 bits per heavy atom. The minimum atomic E-state index is -4.43. The topological polar surface area (TPSA) is 70.2 Å². The molecule has 0 aliphatic rings. The highest BCUT2D eigenvalue weighted by Gasteiger charge is 2.27. The Labute approximate surface area is 113 Å². The first-order chi connectivity index (χ1) is 9.26. The number of anilines is 2.